The number of ether oxygens (including phenoxy) is 1. The summed E-state index contributed by atoms with van der Waals surface area (Å²) in [6, 6.07) is 29.4. The number of nitrogens with two attached hydrogens (primary N) is 1. The van der Waals surface area contributed by atoms with Crippen molar-refractivity contribution in [3.8, 4) is 16.9 Å². The van der Waals surface area contributed by atoms with Crippen LogP contribution in [0.3, 0.4) is 0 Å². The standard InChI is InChI=1S/C42H39FN4O4/c1-26-22-36(50-21-17-27-9-14-31(15-10-27)47(2)3)34(41(49)46-42(18-19-42)38-6-4-5-20-45-38)25-32(26)29-11-16-35-33(24-29)39(40(44)48)37(51-35)23-28-7-12-30(43)13-8-28/h4-16,20,22,24-25H,17-19,21,23H2,1-3H3,(H2,44,48)(H,46,49). The number of carbonyl (C=O) groups excluding carboxylic acids is 2. The van der Waals surface area contributed by atoms with Gasteiger partial charge < -0.3 is 25.1 Å². The van der Waals surface area contributed by atoms with Crippen LogP contribution in [0, 0.1) is 12.7 Å². The Balaban J connectivity index is 1.23. The van der Waals surface area contributed by atoms with Crippen LogP contribution < -0.4 is 20.7 Å². The van der Waals surface area contributed by atoms with Crippen molar-refractivity contribution >= 4 is 28.5 Å². The zero-order valence-corrected chi connectivity index (χ0v) is 28.8. The van der Waals surface area contributed by atoms with Crippen LogP contribution in [-0.2, 0) is 18.4 Å². The lowest BCUT2D eigenvalue weighted by Gasteiger charge is -2.20. The number of amides is 2. The highest BCUT2D eigenvalue weighted by Crippen LogP contribution is 2.45. The summed E-state index contributed by atoms with van der Waals surface area (Å²) in [5.74, 6) is -0.332. The third-order valence-corrected chi connectivity index (χ3v) is 9.53. The van der Waals surface area contributed by atoms with Gasteiger partial charge in [0.15, 0.2) is 0 Å². The second kappa shape index (κ2) is 13.7. The van der Waals surface area contributed by atoms with E-state index in [9.17, 15) is 14.0 Å². The Morgan fingerprint density at radius 2 is 1.71 bits per heavy atom. The van der Waals surface area contributed by atoms with Crippen LogP contribution >= 0.6 is 0 Å². The topological polar surface area (TPSA) is 111 Å². The van der Waals surface area contributed by atoms with Gasteiger partial charge >= 0.3 is 0 Å². The maximum atomic E-state index is 14.2. The molecule has 0 spiro atoms. The third-order valence-electron chi connectivity index (χ3n) is 9.53. The molecular formula is C42H39FN4O4. The minimum absolute atomic E-state index is 0.256. The van der Waals surface area contributed by atoms with E-state index in [1.165, 1.54) is 12.1 Å². The van der Waals surface area contributed by atoms with Crippen LogP contribution in [0.25, 0.3) is 22.1 Å². The summed E-state index contributed by atoms with van der Waals surface area (Å²) in [6.07, 6.45) is 4.26. The maximum absolute atomic E-state index is 14.2. The van der Waals surface area contributed by atoms with Crippen molar-refractivity contribution in [2.24, 2.45) is 5.73 Å². The molecule has 51 heavy (non-hydrogen) atoms. The number of carbonyl (C=O) groups is 2. The van der Waals surface area contributed by atoms with Crippen molar-refractivity contribution < 1.29 is 23.1 Å². The molecule has 1 saturated carbocycles. The summed E-state index contributed by atoms with van der Waals surface area (Å²) >= 11 is 0. The molecule has 2 aromatic heterocycles. The van der Waals surface area contributed by atoms with Crippen molar-refractivity contribution in [2.45, 2.75) is 38.1 Å². The van der Waals surface area contributed by atoms with Crippen LogP contribution in [0.5, 0.6) is 5.75 Å². The fraction of sp³-hybridized carbons (Fsp3) is 0.214. The quantitative estimate of drug-likeness (QED) is 0.137. The van der Waals surface area contributed by atoms with Crippen LogP contribution in [0.15, 0.2) is 108 Å². The summed E-state index contributed by atoms with van der Waals surface area (Å²) in [5, 5.41) is 3.83. The molecule has 1 aliphatic rings. The van der Waals surface area contributed by atoms with E-state index in [1.54, 1.807) is 24.4 Å². The molecule has 0 aliphatic heterocycles. The van der Waals surface area contributed by atoms with E-state index in [0.29, 0.717) is 41.1 Å². The Labute approximate surface area is 296 Å². The number of rotatable bonds is 12. The molecule has 4 aromatic carbocycles. The van der Waals surface area contributed by atoms with Crippen LogP contribution in [0.4, 0.5) is 10.1 Å². The highest BCUT2D eigenvalue weighted by atomic mass is 19.1. The smallest absolute Gasteiger partial charge is 0.255 e. The first-order valence-corrected chi connectivity index (χ1v) is 17.0. The Kier molecular flexibility index (Phi) is 9.04. The van der Waals surface area contributed by atoms with E-state index in [4.69, 9.17) is 14.9 Å². The number of furan rings is 1. The molecule has 1 aliphatic carbocycles. The number of aromatic nitrogens is 1. The molecule has 0 bridgehead atoms. The van der Waals surface area contributed by atoms with Crippen LogP contribution in [-0.4, -0.2) is 37.5 Å². The lowest BCUT2D eigenvalue weighted by atomic mass is 9.95. The summed E-state index contributed by atoms with van der Waals surface area (Å²) in [6.45, 7) is 2.35. The van der Waals surface area contributed by atoms with E-state index >= 15 is 0 Å². The van der Waals surface area contributed by atoms with Crippen LogP contribution in [0.2, 0.25) is 0 Å². The van der Waals surface area contributed by atoms with Gasteiger partial charge in [0.25, 0.3) is 11.8 Å². The second-order valence-electron chi connectivity index (χ2n) is 13.4. The molecule has 8 nitrogen and oxygen atoms in total. The number of fused-ring (bicyclic) bond motifs is 1. The van der Waals surface area contributed by atoms with Gasteiger partial charge in [0.1, 0.15) is 22.9 Å². The first-order valence-electron chi connectivity index (χ1n) is 17.0. The van der Waals surface area contributed by atoms with Gasteiger partial charge in [-0.25, -0.2) is 4.39 Å². The van der Waals surface area contributed by atoms with Crippen molar-refractivity contribution in [3.05, 3.63) is 148 Å². The second-order valence-corrected chi connectivity index (χ2v) is 13.4. The minimum atomic E-state index is -0.621. The SMILES string of the molecule is Cc1cc(OCCc2ccc(N(C)C)cc2)c(C(=O)NC2(c3ccccn3)CC2)cc1-c1ccc2oc(Cc3ccc(F)cc3)c(C(N)=O)c2c1. The number of halogens is 1. The zero-order valence-electron chi connectivity index (χ0n) is 28.8. The number of aryl methyl sites for hydroxylation is 1. The lowest BCUT2D eigenvalue weighted by Crippen LogP contribution is -2.35. The molecule has 0 radical (unpaired) electrons. The number of benzene rings is 4. The predicted molar refractivity (Wildman–Crippen MR) is 197 cm³/mol. The molecule has 1 fully saturated rings. The number of pyridine rings is 1. The number of nitrogens with zero attached hydrogens (tertiary/aromatic N) is 2. The van der Waals surface area contributed by atoms with E-state index in [1.807, 2.05) is 63.5 Å². The average molecular weight is 683 g/mol. The van der Waals surface area contributed by atoms with E-state index in [-0.39, 0.29) is 23.7 Å². The van der Waals surface area contributed by atoms with Gasteiger partial charge in [-0.05, 0) is 108 Å². The van der Waals surface area contributed by atoms with Crippen molar-refractivity contribution in [3.63, 3.8) is 0 Å². The normalized spacial score (nSPS) is 13.2. The number of primary amides is 1. The van der Waals surface area contributed by atoms with E-state index in [2.05, 4.69) is 39.5 Å². The molecule has 9 heteroatoms. The molecule has 7 rings (SSSR count). The molecule has 2 amide bonds. The van der Waals surface area contributed by atoms with Gasteiger partial charge in [-0.2, -0.15) is 0 Å². The fourth-order valence-corrected chi connectivity index (χ4v) is 6.53. The van der Waals surface area contributed by atoms with E-state index in [0.717, 1.165) is 52.0 Å². The van der Waals surface area contributed by atoms with Crippen molar-refractivity contribution in [2.75, 3.05) is 25.6 Å². The van der Waals surface area contributed by atoms with Gasteiger partial charge in [-0.3, -0.25) is 14.6 Å². The largest absolute Gasteiger partial charge is 0.492 e. The predicted octanol–water partition coefficient (Wildman–Crippen LogP) is 7.74. The van der Waals surface area contributed by atoms with Crippen LogP contribution in [0.1, 0.15) is 61.7 Å². The average Bonchev–Trinajstić information content (AvgIpc) is 3.81. The summed E-state index contributed by atoms with van der Waals surface area (Å²) in [4.78, 5) is 33.5. The van der Waals surface area contributed by atoms with Gasteiger partial charge in [0.2, 0.25) is 0 Å². The van der Waals surface area contributed by atoms with Gasteiger partial charge in [0, 0.05) is 44.2 Å². The van der Waals surface area contributed by atoms with Crippen molar-refractivity contribution in [1.29, 1.82) is 0 Å². The lowest BCUT2D eigenvalue weighted by molar-refractivity contribution is 0.0924. The van der Waals surface area contributed by atoms with E-state index < -0.39 is 11.4 Å². The first kappa shape index (κ1) is 33.5. The maximum Gasteiger partial charge on any atom is 0.255 e. The molecule has 0 atom stereocenters. The minimum Gasteiger partial charge on any atom is -0.492 e. The molecular weight excluding hydrogens is 643 g/mol. The highest BCUT2D eigenvalue weighted by Gasteiger charge is 2.47. The highest BCUT2D eigenvalue weighted by molar-refractivity contribution is 6.08. The summed E-state index contributed by atoms with van der Waals surface area (Å²) in [7, 11) is 4.02. The molecule has 6 aromatic rings. The summed E-state index contributed by atoms with van der Waals surface area (Å²) in [5.41, 5.74) is 12.9. The number of hydrogen-bond donors (Lipinski definition) is 2. The number of nitrogens with one attached hydrogen (secondary N) is 1. The number of anilines is 1. The third kappa shape index (κ3) is 7.05. The van der Waals surface area contributed by atoms with Gasteiger partial charge in [0.05, 0.1) is 29.0 Å². The Morgan fingerprint density at radius 1 is 0.961 bits per heavy atom. The van der Waals surface area contributed by atoms with Gasteiger partial charge in [-0.15, -0.1) is 0 Å². The molecule has 0 unspecified atom stereocenters. The van der Waals surface area contributed by atoms with Crippen molar-refractivity contribution in [1.82, 2.24) is 10.3 Å². The molecule has 258 valence electrons. The molecule has 0 saturated heterocycles. The summed E-state index contributed by atoms with van der Waals surface area (Å²) < 4.78 is 26.0. The Morgan fingerprint density at radius 3 is 2.37 bits per heavy atom. The Hall–Kier alpha value is -5.96. The zero-order chi connectivity index (χ0) is 35.7. The molecule has 2 heterocycles. The fourth-order valence-electron chi connectivity index (χ4n) is 6.53. The first-order chi connectivity index (χ1) is 24.6. The number of hydrogen-bond acceptors (Lipinski definition) is 6. The molecule has 3 N–H and O–H groups in total. The monoisotopic (exact) mass is 682 g/mol. The Bertz CT molecular complexity index is 2220. The van der Waals surface area contributed by atoms with Gasteiger partial charge in [-0.1, -0.05) is 36.4 Å².